The highest BCUT2D eigenvalue weighted by molar-refractivity contribution is 5.92. The zero-order valence-corrected chi connectivity index (χ0v) is 18.6. The van der Waals surface area contributed by atoms with E-state index in [-0.39, 0.29) is 30.4 Å². The summed E-state index contributed by atoms with van der Waals surface area (Å²) in [5, 5.41) is 3.04. The lowest BCUT2D eigenvalue weighted by atomic mass is 9.91. The molecule has 1 aliphatic carbocycles. The van der Waals surface area contributed by atoms with Gasteiger partial charge in [-0.2, -0.15) is 0 Å². The highest BCUT2D eigenvalue weighted by Crippen LogP contribution is 2.52. The molecule has 0 aromatic heterocycles. The van der Waals surface area contributed by atoms with Gasteiger partial charge in [0.05, 0.1) is 25.2 Å². The summed E-state index contributed by atoms with van der Waals surface area (Å²) in [6.45, 7) is 1.90. The third kappa shape index (κ3) is 3.86. The molecule has 2 aromatic carbocycles. The van der Waals surface area contributed by atoms with Crippen molar-refractivity contribution in [2.45, 2.75) is 50.0 Å². The number of carbonyl (C=O) groups excluding carboxylic acids is 2. The van der Waals surface area contributed by atoms with Crippen molar-refractivity contribution in [3.05, 3.63) is 47.5 Å². The normalized spacial score (nSPS) is 22.7. The van der Waals surface area contributed by atoms with Gasteiger partial charge < -0.3 is 29.0 Å². The fourth-order valence-electron chi connectivity index (χ4n) is 4.41. The number of benzene rings is 2. The molecule has 2 heterocycles. The SMILES string of the molecule is CCOC(=O)[C@H]1C[C@H](NC(=O)C2(c3ccc4c(c3)OC(F)(F)O4)CC2)c2ccc(OC)cc2O1. The van der Waals surface area contributed by atoms with Crippen molar-refractivity contribution in [1.82, 2.24) is 5.32 Å². The van der Waals surface area contributed by atoms with E-state index < -0.39 is 29.8 Å². The Kier molecular flexibility index (Phi) is 5.26. The lowest BCUT2D eigenvalue weighted by Crippen LogP contribution is -2.43. The Balaban J connectivity index is 1.40. The summed E-state index contributed by atoms with van der Waals surface area (Å²) in [5.74, 6) is -0.00211. The van der Waals surface area contributed by atoms with Gasteiger partial charge in [-0.1, -0.05) is 6.07 Å². The fraction of sp³-hybridized carbons (Fsp3) is 0.417. The molecule has 8 nitrogen and oxygen atoms in total. The van der Waals surface area contributed by atoms with Crippen molar-refractivity contribution in [2.75, 3.05) is 13.7 Å². The molecule has 0 spiro atoms. The smallest absolute Gasteiger partial charge is 0.497 e. The predicted molar refractivity (Wildman–Crippen MR) is 113 cm³/mol. The van der Waals surface area contributed by atoms with Gasteiger partial charge in [0.1, 0.15) is 11.5 Å². The summed E-state index contributed by atoms with van der Waals surface area (Å²) in [7, 11) is 1.52. The van der Waals surface area contributed by atoms with Crippen molar-refractivity contribution < 1.29 is 42.1 Å². The zero-order chi connectivity index (χ0) is 24.1. The summed E-state index contributed by atoms with van der Waals surface area (Å²) in [5.41, 5.74) is 0.394. The number of methoxy groups -OCH3 is 1. The number of hydrogen-bond donors (Lipinski definition) is 1. The van der Waals surface area contributed by atoms with E-state index in [1.54, 1.807) is 31.2 Å². The van der Waals surface area contributed by atoms with Crippen molar-refractivity contribution >= 4 is 11.9 Å². The van der Waals surface area contributed by atoms with E-state index in [1.165, 1.54) is 19.2 Å². The zero-order valence-electron chi connectivity index (χ0n) is 18.6. The van der Waals surface area contributed by atoms with Crippen LogP contribution in [-0.4, -0.2) is 38.0 Å². The molecule has 3 aliphatic rings. The van der Waals surface area contributed by atoms with Crippen LogP contribution in [0.1, 0.15) is 43.4 Å². The minimum Gasteiger partial charge on any atom is -0.497 e. The summed E-state index contributed by atoms with van der Waals surface area (Å²) < 4.78 is 52.1. The van der Waals surface area contributed by atoms with Crippen molar-refractivity contribution in [3.63, 3.8) is 0 Å². The van der Waals surface area contributed by atoms with Crippen molar-refractivity contribution in [1.29, 1.82) is 0 Å². The number of esters is 1. The second-order valence-electron chi connectivity index (χ2n) is 8.44. The maximum atomic E-state index is 13.4. The Bertz CT molecular complexity index is 1150. The van der Waals surface area contributed by atoms with Gasteiger partial charge in [-0.25, -0.2) is 4.79 Å². The van der Waals surface area contributed by atoms with E-state index in [1.807, 2.05) is 0 Å². The largest absolute Gasteiger partial charge is 0.586 e. The molecule has 0 unspecified atom stereocenters. The Morgan fingerprint density at radius 2 is 1.85 bits per heavy atom. The van der Waals surface area contributed by atoms with Crippen LogP contribution in [0.25, 0.3) is 0 Å². The number of amides is 1. The molecule has 0 radical (unpaired) electrons. The molecule has 1 saturated carbocycles. The standard InChI is InChI=1S/C24H23F2NO7/c1-3-31-21(28)20-12-16(15-6-5-14(30-2)11-18(15)32-20)27-22(29)23(8-9-23)13-4-7-17-19(10-13)34-24(25,26)33-17/h4-7,10-11,16,20H,3,8-9,12H2,1-2H3,(H,27,29)/t16-,20+/m0/s1. The molecule has 1 N–H and O–H groups in total. The molecule has 0 saturated heterocycles. The molecule has 1 amide bonds. The van der Waals surface area contributed by atoms with Crippen LogP contribution in [0.15, 0.2) is 36.4 Å². The van der Waals surface area contributed by atoms with Gasteiger partial charge in [-0.3, -0.25) is 4.79 Å². The van der Waals surface area contributed by atoms with Crippen LogP contribution in [-0.2, 0) is 19.7 Å². The van der Waals surface area contributed by atoms with Gasteiger partial charge in [0.2, 0.25) is 5.91 Å². The molecule has 34 heavy (non-hydrogen) atoms. The Hall–Kier alpha value is -3.56. The number of halogens is 2. The van der Waals surface area contributed by atoms with E-state index in [0.717, 1.165) is 0 Å². The number of rotatable bonds is 6. The minimum absolute atomic E-state index is 0.0745. The van der Waals surface area contributed by atoms with E-state index in [0.29, 0.717) is 35.5 Å². The molecule has 0 bridgehead atoms. The van der Waals surface area contributed by atoms with Crippen LogP contribution in [0.3, 0.4) is 0 Å². The number of hydrogen-bond acceptors (Lipinski definition) is 7. The average molecular weight is 475 g/mol. The monoisotopic (exact) mass is 475 g/mol. The first-order valence-corrected chi connectivity index (χ1v) is 11.0. The lowest BCUT2D eigenvalue weighted by molar-refractivity contribution is -0.286. The van der Waals surface area contributed by atoms with Gasteiger partial charge in [-0.05, 0) is 49.6 Å². The summed E-state index contributed by atoms with van der Waals surface area (Å²) in [4.78, 5) is 25.9. The summed E-state index contributed by atoms with van der Waals surface area (Å²) >= 11 is 0. The molecular weight excluding hydrogens is 452 g/mol. The quantitative estimate of drug-likeness (QED) is 0.638. The Morgan fingerprint density at radius 3 is 2.56 bits per heavy atom. The van der Waals surface area contributed by atoms with Crippen LogP contribution in [0, 0.1) is 0 Å². The topological polar surface area (TPSA) is 92.3 Å². The Morgan fingerprint density at radius 1 is 1.09 bits per heavy atom. The van der Waals surface area contributed by atoms with Crippen LogP contribution in [0.5, 0.6) is 23.0 Å². The second kappa shape index (κ2) is 8.03. The van der Waals surface area contributed by atoms with Crippen LogP contribution < -0.4 is 24.3 Å². The maximum absolute atomic E-state index is 13.4. The first-order chi connectivity index (χ1) is 16.2. The van der Waals surface area contributed by atoms with E-state index in [9.17, 15) is 18.4 Å². The molecule has 180 valence electrons. The highest BCUT2D eigenvalue weighted by atomic mass is 19.3. The van der Waals surface area contributed by atoms with Crippen LogP contribution >= 0.6 is 0 Å². The van der Waals surface area contributed by atoms with Crippen LogP contribution in [0.4, 0.5) is 8.78 Å². The first kappa shape index (κ1) is 22.2. The van der Waals surface area contributed by atoms with Gasteiger partial charge >= 0.3 is 12.3 Å². The first-order valence-electron chi connectivity index (χ1n) is 11.0. The van der Waals surface area contributed by atoms with E-state index in [2.05, 4.69) is 14.8 Å². The molecular formula is C24H23F2NO7. The third-order valence-corrected chi connectivity index (χ3v) is 6.31. The van der Waals surface area contributed by atoms with E-state index >= 15 is 0 Å². The third-order valence-electron chi connectivity index (χ3n) is 6.31. The molecule has 2 atom stereocenters. The van der Waals surface area contributed by atoms with Crippen molar-refractivity contribution in [2.24, 2.45) is 0 Å². The lowest BCUT2D eigenvalue weighted by Gasteiger charge is -2.32. The van der Waals surface area contributed by atoms with Crippen molar-refractivity contribution in [3.8, 4) is 23.0 Å². The average Bonchev–Trinajstić information content (AvgIpc) is 3.55. The van der Waals surface area contributed by atoms with E-state index in [4.69, 9.17) is 14.2 Å². The maximum Gasteiger partial charge on any atom is 0.586 e. The number of nitrogens with one attached hydrogen (secondary N) is 1. The number of ether oxygens (including phenoxy) is 5. The van der Waals surface area contributed by atoms with Gasteiger partial charge in [-0.15, -0.1) is 8.78 Å². The Labute approximate surface area is 194 Å². The molecule has 1 fully saturated rings. The molecule has 2 aliphatic heterocycles. The molecule has 10 heteroatoms. The van der Waals surface area contributed by atoms with Crippen LogP contribution in [0.2, 0.25) is 0 Å². The van der Waals surface area contributed by atoms with Gasteiger partial charge in [0, 0.05) is 18.1 Å². The van der Waals surface area contributed by atoms with Gasteiger partial charge in [0.25, 0.3) is 0 Å². The number of carbonyl (C=O) groups is 2. The minimum atomic E-state index is -3.73. The number of fused-ring (bicyclic) bond motifs is 2. The van der Waals surface area contributed by atoms with Gasteiger partial charge in [0.15, 0.2) is 17.6 Å². The fourth-order valence-corrected chi connectivity index (χ4v) is 4.41. The molecule has 2 aromatic rings. The summed E-state index contributed by atoms with van der Waals surface area (Å²) in [6.07, 6.45) is -3.33. The predicted octanol–water partition coefficient (Wildman–Crippen LogP) is 3.62. The molecule has 5 rings (SSSR count). The second-order valence-corrected chi connectivity index (χ2v) is 8.44. The summed E-state index contributed by atoms with van der Waals surface area (Å²) in [6, 6.07) is 9.07. The highest BCUT2D eigenvalue weighted by Gasteiger charge is 2.53. The number of alkyl halides is 2.